The summed E-state index contributed by atoms with van der Waals surface area (Å²) in [6, 6.07) is 6.15. The molecular weight excluding hydrogens is 260 g/mol. The molecule has 1 aromatic rings. The zero-order chi connectivity index (χ0) is 15.7. The molecule has 0 saturated carbocycles. The number of nitrogens with one attached hydrogen (secondary N) is 2. The number of amides is 1. The molecule has 0 aliphatic heterocycles. The summed E-state index contributed by atoms with van der Waals surface area (Å²) in [5.74, 6) is 0.0403. The highest BCUT2D eigenvalue weighted by molar-refractivity contribution is 5.96. The van der Waals surface area contributed by atoms with Crippen LogP contribution in [0.15, 0.2) is 18.2 Å². The average Bonchev–Trinajstić information content (AvgIpc) is 2.44. The Bertz CT molecular complexity index is 443. The highest BCUT2D eigenvalue weighted by atomic mass is 16.1. The van der Waals surface area contributed by atoms with Crippen LogP contribution in [0, 0.1) is 6.92 Å². The zero-order valence-electron chi connectivity index (χ0n) is 14.0. The largest absolute Gasteiger partial charge is 0.385 e. The van der Waals surface area contributed by atoms with E-state index < -0.39 is 0 Å². The molecular formula is C18H30N2O. The van der Waals surface area contributed by atoms with Gasteiger partial charge in [0.2, 0.25) is 0 Å². The summed E-state index contributed by atoms with van der Waals surface area (Å²) >= 11 is 0. The van der Waals surface area contributed by atoms with Crippen molar-refractivity contribution in [1.29, 1.82) is 0 Å². The maximum atomic E-state index is 12.3. The summed E-state index contributed by atoms with van der Waals surface area (Å²) in [6.45, 7) is 9.24. The molecule has 21 heavy (non-hydrogen) atoms. The molecule has 1 amide bonds. The number of aryl methyl sites for hydroxylation is 1. The van der Waals surface area contributed by atoms with Gasteiger partial charge in [0.25, 0.3) is 5.91 Å². The van der Waals surface area contributed by atoms with Gasteiger partial charge in [-0.15, -0.1) is 0 Å². The van der Waals surface area contributed by atoms with Crippen molar-refractivity contribution in [1.82, 2.24) is 5.32 Å². The van der Waals surface area contributed by atoms with E-state index in [1.54, 1.807) is 0 Å². The highest BCUT2D eigenvalue weighted by Gasteiger charge is 2.12. The SMILES string of the molecule is CCCCCCC(C)NC(=O)c1ccc(NCC)cc1C. The Morgan fingerprint density at radius 3 is 2.57 bits per heavy atom. The number of hydrogen-bond acceptors (Lipinski definition) is 2. The van der Waals surface area contributed by atoms with Crippen molar-refractivity contribution in [3.05, 3.63) is 29.3 Å². The van der Waals surface area contributed by atoms with Gasteiger partial charge in [0, 0.05) is 23.8 Å². The molecule has 0 heterocycles. The molecule has 3 nitrogen and oxygen atoms in total. The molecule has 118 valence electrons. The van der Waals surface area contributed by atoms with Crippen LogP contribution in [0.1, 0.15) is 68.8 Å². The second kappa shape index (κ2) is 9.43. The van der Waals surface area contributed by atoms with Crippen LogP contribution in [0.5, 0.6) is 0 Å². The van der Waals surface area contributed by atoms with Crippen LogP contribution in [0.4, 0.5) is 5.69 Å². The van der Waals surface area contributed by atoms with Crippen molar-refractivity contribution in [2.75, 3.05) is 11.9 Å². The van der Waals surface area contributed by atoms with Gasteiger partial charge in [-0.2, -0.15) is 0 Å². The molecule has 0 aliphatic rings. The molecule has 0 saturated heterocycles. The Morgan fingerprint density at radius 1 is 1.19 bits per heavy atom. The molecule has 0 spiro atoms. The van der Waals surface area contributed by atoms with Crippen LogP contribution < -0.4 is 10.6 Å². The maximum Gasteiger partial charge on any atom is 0.251 e. The molecule has 2 N–H and O–H groups in total. The minimum absolute atomic E-state index is 0.0403. The van der Waals surface area contributed by atoms with Crippen molar-refractivity contribution in [3.8, 4) is 0 Å². The lowest BCUT2D eigenvalue weighted by atomic mass is 10.1. The van der Waals surface area contributed by atoms with Gasteiger partial charge in [0.05, 0.1) is 0 Å². The van der Waals surface area contributed by atoms with Crippen LogP contribution in [0.2, 0.25) is 0 Å². The molecule has 0 radical (unpaired) electrons. The Balaban J connectivity index is 2.51. The summed E-state index contributed by atoms with van der Waals surface area (Å²) in [6.07, 6.45) is 6.03. The van der Waals surface area contributed by atoms with Gasteiger partial charge >= 0.3 is 0 Å². The van der Waals surface area contributed by atoms with Crippen LogP contribution in [-0.2, 0) is 0 Å². The van der Waals surface area contributed by atoms with E-state index in [4.69, 9.17) is 0 Å². The number of anilines is 1. The second-order valence-electron chi connectivity index (χ2n) is 5.78. The van der Waals surface area contributed by atoms with Crippen molar-refractivity contribution < 1.29 is 4.79 Å². The van der Waals surface area contributed by atoms with Gasteiger partial charge < -0.3 is 10.6 Å². The van der Waals surface area contributed by atoms with E-state index in [1.807, 2.05) is 25.1 Å². The molecule has 3 heteroatoms. The standard InChI is InChI=1S/C18H30N2O/c1-5-7-8-9-10-15(4)20-18(21)17-12-11-16(19-6-2)13-14(17)3/h11-13,15,19H,5-10H2,1-4H3,(H,20,21). The van der Waals surface area contributed by atoms with Crippen molar-refractivity contribution in [2.45, 2.75) is 65.8 Å². The summed E-state index contributed by atoms with van der Waals surface area (Å²) < 4.78 is 0. The lowest BCUT2D eigenvalue weighted by molar-refractivity contribution is 0.0937. The Morgan fingerprint density at radius 2 is 1.95 bits per heavy atom. The van der Waals surface area contributed by atoms with E-state index in [-0.39, 0.29) is 11.9 Å². The van der Waals surface area contributed by atoms with Crippen molar-refractivity contribution in [3.63, 3.8) is 0 Å². The molecule has 1 unspecified atom stereocenters. The lowest BCUT2D eigenvalue weighted by Gasteiger charge is -2.15. The fraction of sp³-hybridized carbons (Fsp3) is 0.611. The van der Waals surface area contributed by atoms with E-state index in [9.17, 15) is 4.79 Å². The quantitative estimate of drug-likeness (QED) is 0.657. The van der Waals surface area contributed by atoms with Gasteiger partial charge in [0.1, 0.15) is 0 Å². The number of hydrogen-bond donors (Lipinski definition) is 2. The van der Waals surface area contributed by atoms with Crippen LogP contribution in [0.3, 0.4) is 0 Å². The minimum Gasteiger partial charge on any atom is -0.385 e. The van der Waals surface area contributed by atoms with Crippen molar-refractivity contribution >= 4 is 11.6 Å². The van der Waals surface area contributed by atoms with Gasteiger partial charge in [-0.25, -0.2) is 0 Å². The third kappa shape index (κ3) is 6.19. The third-order valence-electron chi connectivity index (χ3n) is 3.72. The number of unbranched alkanes of at least 4 members (excludes halogenated alkanes) is 3. The molecule has 1 atom stereocenters. The predicted octanol–water partition coefficient (Wildman–Crippen LogP) is 4.52. The van der Waals surface area contributed by atoms with E-state index in [1.165, 1.54) is 25.7 Å². The summed E-state index contributed by atoms with van der Waals surface area (Å²) in [5.41, 5.74) is 2.86. The minimum atomic E-state index is 0.0403. The first kappa shape index (κ1) is 17.5. The first-order valence-corrected chi connectivity index (χ1v) is 8.23. The molecule has 0 aliphatic carbocycles. The van der Waals surface area contributed by atoms with Gasteiger partial charge in [-0.05, 0) is 51.0 Å². The van der Waals surface area contributed by atoms with E-state index in [0.29, 0.717) is 0 Å². The normalized spacial score (nSPS) is 12.0. The lowest BCUT2D eigenvalue weighted by Crippen LogP contribution is -2.32. The fourth-order valence-electron chi connectivity index (χ4n) is 2.48. The van der Waals surface area contributed by atoms with E-state index in [2.05, 4.69) is 31.4 Å². The van der Waals surface area contributed by atoms with Crippen molar-refractivity contribution in [2.24, 2.45) is 0 Å². The Labute approximate surface area is 129 Å². The monoisotopic (exact) mass is 290 g/mol. The molecule has 0 bridgehead atoms. The summed E-state index contributed by atoms with van der Waals surface area (Å²) in [7, 11) is 0. The number of carbonyl (C=O) groups is 1. The molecule has 0 fully saturated rings. The second-order valence-corrected chi connectivity index (χ2v) is 5.78. The van der Waals surface area contributed by atoms with Gasteiger partial charge in [-0.1, -0.05) is 32.6 Å². The van der Waals surface area contributed by atoms with Crippen LogP contribution in [-0.4, -0.2) is 18.5 Å². The molecule has 1 rings (SSSR count). The summed E-state index contributed by atoms with van der Waals surface area (Å²) in [5, 5.41) is 6.37. The Hall–Kier alpha value is -1.51. The van der Waals surface area contributed by atoms with Crippen LogP contribution in [0.25, 0.3) is 0 Å². The molecule has 1 aromatic carbocycles. The van der Waals surface area contributed by atoms with Gasteiger partial charge in [-0.3, -0.25) is 4.79 Å². The number of carbonyl (C=O) groups excluding carboxylic acids is 1. The smallest absolute Gasteiger partial charge is 0.251 e. The molecule has 0 aromatic heterocycles. The number of rotatable bonds is 9. The maximum absolute atomic E-state index is 12.3. The van der Waals surface area contributed by atoms with E-state index >= 15 is 0 Å². The van der Waals surface area contributed by atoms with Gasteiger partial charge in [0.15, 0.2) is 0 Å². The summed E-state index contributed by atoms with van der Waals surface area (Å²) in [4.78, 5) is 12.3. The first-order valence-electron chi connectivity index (χ1n) is 8.23. The highest BCUT2D eigenvalue weighted by Crippen LogP contribution is 2.15. The third-order valence-corrected chi connectivity index (χ3v) is 3.72. The topological polar surface area (TPSA) is 41.1 Å². The van der Waals surface area contributed by atoms with E-state index in [0.717, 1.165) is 29.8 Å². The zero-order valence-corrected chi connectivity index (χ0v) is 14.0. The number of benzene rings is 1. The Kier molecular flexibility index (Phi) is 7.88. The predicted molar refractivity (Wildman–Crippen MR) is 91.0 cm³/mol. The first-order chi connectivity index (χ1) is 10.1. The average molecular weight is 290 g/mol. The van der Waals surface area contributed by atoms with Crippen LogP contribution >= 0.6 is 0 Å². The fourth-order valence-corrected chi connectivity index (χ4v) is 2.48.